The molecule has 1 nitrogen and oxygen atoms in total. The standard InChI is InChI=1S/C17H19FO/c1-13(2)11-12-19-17-9-5-15(6-10-17)14-3-7-16(18)8-4-14/h3-10,13H,11-12H2,1-2H3. The fraction of sp³-hybridized carbons (Fsp3) is 0.294. The number of benzene rings is 2. The third-order valence-corrected chi connectivity index (χ3v) is 3.00. The molecule has 19 heavy (non-hydrogen) atoms. The normalized spacial score (nSPS) is 10.7. The zero-order valence-electron chi connectivity index (χ0n) is 11.4. The van der Waals surface area contributed by atoms with Gasteiger partial charge in [0.1, 0.15) is 11.6 Å². The maximum absolute atomic E-state index is 12.9. The fourth-order valence-corrected chi connectivity index (χ4v) is 1.80. The highest BCUT2D eigenvalue weighted by Gasteiger charge is 2.00. The monoisotopic (exact) mass is 258 g/mol. The van der Waals surface area contributed by atoms with Crippen molar-refractivity contribution in [3.63, 3.8) is 0 Å². The average molecular weight is 258 g/mol. The Balaban J connectivity index is 2.00. The number of ether oxygens (including phenoxy) is 1. The van der Waals surface area contributed by atoms with Crippen LogP contribution in [-0.4, -0.2) is 6.61 Å². The third-order valence-electron chi connectivity index (χ3n) is 3.00. The molecule has 0 aliphatic heterocycles. The Labute approximate surface area is 114 Å². The summed E-state index contributed by atoms with van der Waals surface area (Å²) in [7, 11) is 0. The quantitative estimate of drug-likeness (QED) is 0.739. The second-order valence-electron chi connectivity index (χ2n) is 5.06. The molecule has 0 radical (unpaired) electrons. The molecule has 2 aromatic rings. The van der Waals surface area contributed by atoms with Crippen molar-refractivity contribution < 1.29 is 9.13 Å². The summed E-state index contributed by atoms with van der Waals surface area (Å²) in [5.74, 6) is 1.32. The maximum Gasteiger partial charge on any atom is 0.123 e. The Kier molecular flexibility index (Phi) is 4.56. The van der Waals surface area contributed by atoms with Crippen LogP contribution in [0.4, 0.5) is 4.39 Å². The van der Waals surface area contributed by atoms with Crippen LogP contribution in [0.5, 0.6) is 5.75 Å². The maximum atomic E-state index is 12.9. The molecule has 0 fully saturated rings. The van der Waals surface area contributed by atoms with Crippen LogP contribution in [0.3, 0.4) is 0 Å². The van der Waals surface area contributed by atoms with Gasteiger partial charge in [0.15, 0.2) is 0 Å². The SMILES string of the molecule is CC(C)CCOc1ccc(-c2ccc(F)cc2)cc1. The smallest absolute Gasteiger partial charge is 0.123 e. The van der Waals surface area contributed by atoms with Crippen molar-refractivity contribution in [2.24, 2.45) is 5.92 Å². The molecule has 0 saturated carbocycles. The second-order valence-corrected chi connectivity index (χ2v) is 5.06. The van der Waals surface area contributed by atoms with Crippen LogP contribution in [0.25, 0.3) is 11.1 Å². The Morgan fingerprint density at radius 2 is 1.42 bits per heavy atom. The molecule has 0 aliphatic carbocycles. The van der Waals surface area contributed by atoms with Gasteiger partial charge in [0.2, 0.25) is 0 Å². The molecule has 2 heteroatoms. The van der Waals surface area contributed by atoms with E-state index in [4.69, 9.17) is 4.74 Å². The van der Waals surface area contributed by atoms with E-state index in [-0.39, 0.29) is 5.82 Å². The molecule has 0 bridgehead atoms. The molecule has 0 heterocycles. The van der Waals surface area contributed by atoms with Gasteiger partial charge >= 0.3 is 0 Å². The molecule has 100 valence electrons. The van der Waals surface area contributed by atoms with E-state index in [0.29, 0.717) is 5.92 Å². The lowest BCUT2D eigenvalue weighted by Crippen LogP contribution is -2.01. The zero-order chi connectivity index (χ0) is 13.7. The van der Waals surface area contributed by atoms with Crippen molar-refractivity contribution in [3.05, 3.63) is 54.3 Å². The second kappa shape index (κ2) is 6.37. The van der Waals surface area contributed by atoms with Gasteiger partial charge in [0, 0.05) is 0 Å². The van der Waals surface area contributed by atoms with Gasteiger partial charge in [0.25, 0.3) is 0 Å². The summed E-state index contributed by atoms with van der Waals surface area (Å²) < 4.78 is 18.5. The summed E-state index contributed by atoms with van der Waals surface area (Å²) in [4.78, 5) is 0. The number of hydrogen-bond acceptors (Lipinski definition) is 1. The molecule has 0 aromatic heterocycles. The molecule has 0 atom stereocenters. The Hall–Kier alpha value is -1.83. The predicted molar refractivity (Wildman–Crippen MR) is 76.8 cm³/mol. The van der Waals surface area contributed by atoms with Gasteiger partial charge < -0.3 is 4.74 Å². The van der Waals surface area contributed by atoms with Crippen LogP contribution in [0, 0.1) is 11.7 Å². The topological polar surface area (TPSA) is 9.23 Å². The summed E-state index contributed by atoms with van der Waals surface area (Å²) in [6.45, 7) is 5.11. The highest BCUT2D eigenvalue weighted by atomic mass is 19.1. The molecule has 0 unspecified atom stereocenters. The van der Waals surface area contributed by atoms with Gasteiger partial charge in [-0.25, -0.2) is 4.39 Å². The number of halogens is 1. The van der Waals surface area contributed by atoms with E-state index in [1.807, 2.05) is 24.3 Å². The zero-order valence-corrected chi connectivity index (χ0v) is 11.4. The average Bonchev–Trinajstić information content (AvgIpc) is 2.40. The van der Waals surface area contributed by atoms with Gasteiger partial charge in [-0.15, -0.1) is 0 Å². The molecule has 2 rings (SSSR count). The largest absolute Gasteiger partial charge is 0.494 e. The summed E-state index contributed by atoms with van der Waals surface area (Å²) in [6, 6.07) is 14.4. The first kappa shape index (κ1) is 13.6. The van der Waals surface area contributed by atoms with Crippen LogP contribution in [-0.2, 0) is 0 Å². The summed E-state index contributed by atoms with van der Waals surface area (Å²) >= 11 is 0. The van der Waals surface area contributed by atoms with Crippen LogP contribution in [0.1, 0.15) is 20.3 Å². The van der Waals surface area contributed by atoms with E-state index in [1.165, 1.54) is 12.1 Å². The van der Waals surface area contributed by atoms with E-state index in [9.17, 15) is 4.39 Å². The van der Waals surface area contributed by atoms with Crippen molar-refractivity contribution in [2.45, 2.75) is 20.3 Å². The highest BCUT2D eigenvalue weighted by molar-refractivity contribution is 5.63. The van der Waals surface area contributed by atoms with Gasteiger partial charge in [-0.3, -0.25) is 0 Å². The summed E-state index contributed by atoms with van der Waals surface area (Å²) in [5.41, 5.74) is 2.08. The van der Waals surface area contributed by atoms with Crippen molar-refractivity contribution in [1.29, 1.82) is 0 Å². The Bertz CT molecular complexity index is 500. The number of rotatable bonds is 5. The highest BCUT2D eigenvalue weighted by Crippen LogP contribution is 2.22. The van der Waals surface area contributed by atoms with Gasteiger partial charge in [-0.1, -0.05) is 38.1 Å². The minimum atomic E-state index is -0.211. The summed E-state index contributed by atoms with van der Waals surface area (Å²) in [6.07, 6.45) is 1.06. The minimum absolute atomic E-state index is 0.211. The van der Waals surface area contributed by atoms with Crippen LogP contribution in [0.15, 0.2) is 48.5 Å². The van der Waals surface area contributed by atoms with E-state index < -0.39 is 0 Å². The molecule has 0 saturated heterocycles. The van der Waals surface area contributed by atoms with Crippen LogP contribution < -0.4 is 4.74 Å². The van der Waals surface area contributed by atoms with Crippen molar-refractivity contribution >= 4 is 0 Å². The first-order valence-electron chi connectivity index (χ1n) is 6.64. The molecule has 0 aliphatic rings. The molecule has 0 amide bonds. The molecule has 0 spiro atoms. The van der Waals surface area contributed by atoms with Crippen molar-refractivity contribution in [1.82, 2.24) is 0 Å². The number of hydrogen-bond donors (Lipinski definition) is 0. The lowest BCUT2D eigenvalue weighted by molar-refractivity contribution is 0.289. The fourth-order valence-electron chi connectivity index (χ4n) is 1.80. The molecular weight excluding hydrogens is 239 g/mol. The molecule has 2 aromatic carbocycles. The lowest BCUT2D eigenvalue weighted by atomic mass is 10.1. The first-order valence-corrected chi connectivity index (χ1v) is 6.64. The van der Waals surface area contributed by atoms with Crippen molar-refractivity contribution in [2.75, 3.05) is 6.61 Å². The molecule has 0 N–H and O–H groups in total. The van der Waals surface area contributed by atoms with E-state index in [0.717, 1.165) is 29.9 Å². The van der Waals surface area contributed by atoms with E-state index >= 15 is 0 Å². The minimum Gasteiger partial charge on any atom is -0.494 e. The van der Waals surface area contributed by atoms with Gasteiger partial charge in [-0.05, 0) is 47.7 Å². The lowest BCUT2D eigenvalue weighted by Gasteiger charge is -2.09. The third kappa shape index (κ3) is 4.09. The molecular formula is C17H19FO. The summed E-state index contributed by atoms with van der Waals surface area (Å²) in [5, 5.41) is 0. The van der Waals surface area contributed by atoms with Gasteiger partial charge in [0.05, 0.1) is 6.61 Å². The van der Waals surface area contributed by atoms with E-state index in [1.54, 1.807) is 12.1 Å². The first-order chi connectivity index (χ1) is 9.15. The van der Waals surface area contributed by atoms with Crippen molar-refractivity contribution in [3.8, 4) is 16.9 Å². The Morgan fingerprint density at radius 1 is 0.895 bits per heavy atom. The van der Waals surface area contributed by atoms with Crippen LogP contribution >= 0.6 is 0 Å². The van der Waals surface area contributed by atoms with E-state index in [2.05, 4.69) is 13.8 Å². The predicted octanol–water partition coefficient (Wildman–Crippen LogP) is 4.92. The van der Waals surface area contributed by atoms with Gasteiger partial charge in [-0.2, -0.15) is 0 Å². The Morgan fingerprint density at radius 3 is 1.95 bits per heavy atom. The van der Waals surface area contributed by atoms with Crippen LogP contribution in [0.2, 0.25) is 0 Å².